The molecule has 2 N–H and O–H groups in total. The highest BCUT2D eigenvalue weighted by Crippen LogP contribution is 2.29. The first kappa shape index (κ1) is 19.0. The van der Waals surface area contributed by atoms with Gasteiger partial charge in [-0.3, -0.25) is 4.99 Å². The van der Waals surface area contributed by atoms with E-state index in [0.29, 0.717) is 22.5 Å². The summed E-state index contributed by atoms with van der Waals surface area (Å²) in [4.78, 5) is 7.57. The Bertz CT molecular complexity index is 733. The van der Waals surface area contributed by atoms with Gasteiger partial charge in [-0.15, -0.1) is 11.3 Å². The van der Waals surface area contributed by atoms with Crippen molar-refractivity contribution in [3.8, 4) is 0 Å². The lowest BCUT2D eigenvalue weighted by molar-refractivity contribution is -0.140. The summed E-state index contributed by atoms with van der Waals surface area (Å²) >= 11 is 10.4. The molecular formula is C14H13BrClF3N4S. The third-order valence-corrected chi connectivity index (χ3v) is 4.63. The van der Waals surface area contributed by atoms with E-state index < -0.39 is 11.9 Å². The van der Waals surface area contributed by atoms with E-state index in [9.17, 15) is 13.2 Å². The summed E-state index contributed by atoms with van der Waals surface area (Å²) < 4.78 is 38.4. The van der Waals surface area contributed by atoms with E-state index >= 15 is 0 Å². The van der Waals surface area contributed by atoms with Crippen molar-refractivity contribution in [2.75, 3.05) is 7.05 Å². The molecule has 1 heterocycles. The van der Waals surface area contributed by atoms with Crippen molar-refractivity contribution in [1.82, 2.24) is 15.6 Å². The molecule has 0 atom stereocenters. The number of halogens is 5. The Labute approximate surface area is 154 Å². The summed E-state index contributed by atoms with van der Waals surface area (Å²) in [5.41, 5.74) is -0.00897. The van der Waals surface area contributed by atoms with E-state index in [0.717, 1.165) is 26.8 Å². The van der Waals surface area contributed by atoms with Gasteiger partial charge < -0.3 is 10.6 Å². The number of hydrogen-bond acceptors (Lipinski definition) is 3. The maximum atomic E-state index is 12.5. The van der Waals surface area contributed by atoms with Crippen LogP contribution in [0, 0.1) is 0 Å². The van der Waals surface area contributed by atoms with Crippen molar-refractivity contribution in [2.24, 2.45) is 4.99 Å². The molecule has 4 nitrogen and oxygen atoms in total. The van der Waals surface area contributed by atoms with Crippen LogP contribution in [0.5, 0.6) is 0 Å². The maximum Gasteiger partial charge on any atom is 0.434 e. The summed E-state index contributed by atoms with van der Waals surface area (Å²) in [5, 5.41) is 7.89. The number of nitrogens with zero attached hydrogens (tertiary/aromatic N) is 2. The number of hydrogen-bond donors (Lipinski definition) is 2. The number of alkyl halides is 3. The summed E-state index contributed by atoms with van der Waals surface area (Å²) in [7, 11) is 1.57. The third-order valence-electron chi connectivity index (χ3n) is 2.93. The summed E-state index contributed by atoms with van der Waals surface area (Å²) in [5.74, 6) is 0.442. The quantitative estimate of drug-likeness (QED) is 0.545. The number of nitrogens with one attached hydrogen (secondary N) is 2. The monoisotopic (exact) mass is 440 g/mol. The number of rotatable bonds is 4. The van der Waals surface area contributed by atoms with Crippen LogP contribution in [0.25, 0.3) is 0 Å². The van der Waals surface area contributed by atoms with Crippen LogP contribution in [0.15, 0.2) is 33.0 Å². The molecular weight excluding hydrogens is 429 g/mol. The first-order valence-electron chi connectivity index (χ1n) is 6.69. The van der Waals surface area contributed by atoms with Crippen molar-refractivity contribution in [1.29, 1.82) is 0 Å². The van der Waals surface area contributed by atoms with E-state index in [-0.39, 0.29) is 6.54 Å². The molecule has 0 aliphatic carbocycles. The van der Waals surface area contributed by atoms with Crippen LogP contribution in [0.3, 0.4) is 0 Å². The Balaban J connectivity index is 1.90. The average Bonchev–Trinajstić information content (AvgIpc) is 2.98. The van der Waals surface area contributed by atoms with E-state index in [1.165, 1.54) is 0 Å². The standard InChI is InChI=1S/C14H13BrClF3N4S/c1-20-13(21-5-8-2-3-9(15)4-10(8)16)22-6-12-23-11(7-24-12)14(17,18)19/h2-4,7H,5-6H2,1H3,(H2,20,21,22). The minimum Gasteiger partial charge on any atom is -0.352 e. The molecule has 10 heteroatoms. The zero-order valence-electron chi connectivity index (χ0n) is 12.4. The predicted molar refractivity (Wildman–Crippen MR) is 93.3 cm³/mol. The summed E-state index contributed by atoms with van der Waals surface area (Å²) in [6.45, 7) is 0.575. The van der Waals surface area contributed by atoms with Crippen LogP contribution in [0.2, 0.25) is 5.02 Å². The van der Waals surface area contributed by atoms with Gasteiger partial charge in [0.25, 0.3) is 0 Å². The normalized spacial score (nSPS) is 12.3. The number of benzene rings is 1. The molecule has 2 rings (SSSR count). The summed E-state index contributed by atoms with van der Waals surface area (Å²) in [6.07, 6.45) is -4.42. The van der Waals surface area contributed by atoms with E-state index in [2.05, 4.69) is 36.5 Å². The molecule has 130 valence electrons. The Morgan fingerprint density at radius 1 is 1.33 bits per heavy atom. The molecule has 0 saturated heterocycles. The van der Waals surface area contributed by atoms with Gasteiger partial charge in [-0.25, -0.2) is 4.98 Å². The Morgan fingerprint density at radius 2 is 2.04 bits per heavy atom. The van der Waals surface area contributed by atoms with E-state index in [1.54, 1.807) is 13.1 Å². The predicted octanol–water partition coefficient (Wildman–Crippen LogP) is 4.44. The first-order valence-corrected chi connectivity index (χ1v) is 8.74. The van der Waals surface area contributed by atoms with Gasteiger partial charge in [-0.1, -0.05) is 33.6 Å². The second kappa shape index (κ2) is 8.17. The summed E-state index contributed by atoms with van der Waals surface area (Å²) in [6, 6.07) is 5.51. The Morgan fingerprint density at radius 3 is 2.62 bits per heavy atom. The fraction of sp³-hybridized carbons (Fsp3) is 0.286. The maximum absolute atomic E-state index is 12.5. The van der Waals surface area contributed by atoms with Crippen molar-refractivity contribution in [2.45, 2.75) is 19.3 Å². The fourth-order valence-electron chi connectivity index (χ4n) is 1.75. The van der Waals surface area contributed by atoms with Gasteiger partial charge in [-0.05, 0) is 17.7 Å². The molecule has 0 amide bonds. The molecule has 0 aliphatic rings. The lowest BCUT2D eigenvalue weighted by atomic mass is 10.2. The van der Waals surface area contributed by atoms with Crippen LogP contribution in [-0.4, -0.2) is 18.0 Å². The van der Waals surface area contributed by atoms with Gasteiger partial charge in [0.15, 0.2) is 11.7 Å². The smallest absolute Gasteiger partial charge is 0.352 e. The van der Waals surface area contributed by atoms with Gasteiger partial charge in [0.05, 0.1) is 6.54 Å². The van der Waals surface area contributed by atoms with Crippen LogP contribution in [0.1, 0.15) is 16.3 Å². The average molecular weight is 442 g/mol. The molecule has 1 aromatic carbocycles. The van der Waals surface area contributed by atoms with Crippen molar-refractivity contribution >= 4 is 44.8 Å². The largest absolute Gasteiger partial charge is 0.434 e. The van der Waals surface area contributed by atoms with Gasteiger partial charge >= 0.3 is 6.18 Å². The Hall–Kier alpha value is -1.32. The van der Waals surface area contributed by atoms with Crippen LogP contribution < -0.4 is 10.6 Å². The van der Waals surface area contributed by atoms with Crippen LogP contribution in [0.4, 0.5) is 13.2 Å². The zero-order chi connectivity index (χ0) is 17.7. The third kappa shape index (κ3) is 5.35. The molecule has 0 fully saturated rings. The Kier molecular flexibility index (Phi) is 6.47. The highest BCUT2D eigenvalue weighted by Gasteiger charge is 2.33. The number of guanidine groups is 1. The number of thiazole rings is 1. The fourth-order valence-corrected chi connectivity index (χ4v) is 3.23. The zero-order valence-corrected chi connectivity index (χ0v) is 15.6. The van der Waals surface area contributed by atoms with Crippen molar-refractivity contribution < 1.29 is 13.2 Å². The van der Waals surface area contributed by atoms with E-state index in [4.69, 9.17) is 11.6 Å². The SMILES string of the molecule is CN=C(NCc1nc(C(F)(F)F)cs1)NCc1ccc(Br)cc1Cl. The second-order valence-electron chi connectivity index (χ2n) is 4.64. The van der Waals surface area contributed by atoms with Gasteiger partial charge in [0, 0.05) is 28.5 Å². The highest BCUT2D eigenvalue weighted by atomic mass is 79.9. The highest BCUT2D eigenvalue weighted by molar-refractivity contribution is 9.10. The number of aromatic nitrogens is 1. The molecule has 0 unspecified atom stereocenters. The van der Waals surface area contributed by atoms with E-state index in [1.807, 2.05) is 12.1 Å². The lowest BCUT2D eigenvalue weighted by Gasteiger charge is -2.12. The molecule has 0 bridgehead atoms. The van der Waals surface area contributed by atoms with Crippen molar-refractivity contribution in [3.63, 3.8) is 0 Å². The molecule has 0 radical (unpaired) electrons. The molecule has 2 aromatic rings. The minimum absolute atomic E-state index is 0.147. The lowest BCUT2D eigenvalue weighted by Crippen LogP contribution is -2.36. The topological polar surface area (TPSA) is 49.3 Å². The second-order valence-corrected chi connectivity index (χ2v) is 6.90. The molecule has 0 aliphatic heterocycles. The molecule has 0 spiro atoms. The van der Waals surface area contributed by atoms with Crippen molar-refractivity contribution in [3.05, 3.63) is 49.3 Å². The van der Waals surface area contributed by atoms with Gasteiger partial charge in [-0.2, -0.15) is 13.2 Å². The number of aliphatic imine (C=N–C) groups is 1. The van der Waals surface area contributed by atoms with Crippen LogP contribution in [-0.2, 0) is 19.3 Å². The van der Waals surface area contributed by atoms with Crippen LogP contribution >= 0.6 is 38.9 Å². The van der Waals surface area contributed by atoms with Gasteiger partial charge in [0.1, 0.15) is 5.01 Å². The minimum atomic E-state index is -4.42. The molecule has 0 saturated carbocycles. The molecule has 24 heavy (non-hydrogen) atoms. The first-order chi connectivity index (χ1) is 11.3. The molecule has 1 aromatic heterocycles. The van der Waals surface area contributed by atoms with Gasteiger partial charge in [0.2, 0.25) is 0 Å².